The number of hydrogen-bond donors (Lipinski definition) is 1. The van der Waals surface area contributed by atoms with Crippen LogP contribution in [0.15, 0.2) is 12.5 Å². The smallest absolute Gasteiger partial charge is 0.224 e. The van der Waals surface area contributed by atoms with E-state index in [9.17, 15) is 4.79 Å². The summed E-state index contributed by atoms with van der Waals surface area (Å²) in [5, 5.41) is 3.55. The Labute approximate surface area is 124 Å². The molecule has 0 radical (unpaired) electrons. The van der Waals surface area contributed by atoms with E-state index in [-0.39, 0.29) is 11.8 Å². The number of halogens is 1. The summed E-state index contributed by atoms with van der Waals surface area (Å²) in [6, 6.07) is 0. The lowest BCUT2D eigenvalue weighted by atomic mass is 9.97. The number of nitrogens with zero attached hydrogens (tertiary/aromatic N) is 3. The Balaban J connectivity index is 1.95. The van der Waals surface area contributed by atoms with Crippen molar-refractivity contribution in [3.05, 3.63) is 17.5 Å². The molecule has 20 heavy (non-hydrogen) atoms. The Kier molecular flexibility index (Phi) is 5.59. The molecule has 1 aromatic heterocycles. The topological polar surface area (TPSA) is 58.1 Å². The zero-order valence-corrected chi connectivity index (χ0v) is 12.6. The molecule has 2 rings (SSSR count). The monoisotopic (exact) mass is 296 g/mol. The van der Waals surface area contributed by atoms with Gasteiger partial charge in [-0.05, 0) is 19.3 Å². The molecular weight excluding hydrogens is 276 g/mol. The molecule has 0 bridgehead atoms. The Morgan fingerprint density at radius 3 is 3.20 bits per heavy atom. The number of nitrogens with one attached hydrogen (secondary N) is 1. The van der Waals surface area contributed by atoms with Crippen LogP contribution in [0.5, 0.6) is 0 Å². The van der Waals surface area contributed by atoms with Gasteiger partial charge in [0.2, 0.25) is 5.91 Å². The van der Waals surface area contributed by atoms with E-state index in [1.54, 1.807) is 6.20 Å². The van der Waals surface area contributed by atoms with Gasteiger partial charge in [-0.25, -0.2) is 9.97 Å². The first-order valence-electron chi connectivity index (χ1n) is 7.20. The molecule has 6 heteroatoms. The van der Waals surface area contributed by atoms with E-state index in [4.69, 9.17) is 11.6 Å². The van der Waals surface area contributed by atoms with E-state index >= 15 is 0 Å². The van der Waals surface area contributed by atoms with Crippen molar-refractivity contribution in [1.82, 2.24) is 15.3 Å². The number of amides is 1. The average molecular weight is 297 g/mol. The van der Waals surface area contributed by atoms with Crippen molar-refractivity contribution in [2.24, 2.45) is 5.92 Å². The maximum absolute atomic E-state index is 12.1. The number of carbonyl (C=O) groups excluding carboxylic acids is 1. The summed E-state index contributed by atoms with van der Waals surface area (Å²) in [5.41, 5.74) is 0. The van der Waals surface area contributed by atoms with Crippen molar-refractivity contribution in [2.75, 3.05) is 24.5 Å². The normalized spacial score (nSPS) is 18.9. The fraction of sp³-hybridized carbons (Fsp3) is 0.643. The van der Waals surface area contributed by atoms with E-state index in [0.29, 0.717) is 11.6 Å². The largest absolute Gasteiger partial charge is 0.356 e. The van der Waals surface area contributed by atoms with Gasteiger partial charge in [-0.15, -0.1) is 0 Å². The van der Waals surface area contributed by atoms with E-state index in [2.05, 4.69) is 27.1 Å². The van der Waals surface area contributed by atoms with E-state index in [0.717, 1.165) is 44.6 Å². The van der Waals surface area contributed by atoms with Gasteiger partial charge < -0.3 is 10.2 Å². The molecule has 0 spiro atoms. The molecule has 1 amide bonds. The second-order valence-corrected chi connectivity index (χ2v) is 5.53. The fourth-order valence-corrected chi connectivity index (χ4v) is 2.68. The minimum atomic E-state index is 0.0200. The molecule has 110 valence electrons. The summed E-state index contributed by atoms with van der Waals surface area (Å²) >= 11 is 6.12. The molecule has 5 nitrogen and oxygen atoms in total. The summed E-state index contributed by atoms with van der Waals surface area (Å²) in [6.07, 6.45) is 7.11. The maximum atomic E-state index is 12.1. The van der Waals surface area contributed by atoms with Crippen molar-refractivity contribution >= 4 is 23.3 Å². The van der Waals surface area contributed by atoms with Crippen LogP contribution < -0.4 is 10.2 Å². The van der Waals surface area contributed by atoms with Gasteiger partial charge in [0.05, 0.1) is 12.1 Å². The second kappa shape index (κ2) is 7.43. The predicted octanol–water partition coefficient (Wildman–Crippen LogP) is 2.26. The number of carbonyl (C=O) groups is 1. The first-order valence-corrected chi connectivity index (χ1v) is 7.58. The summed E-state index contributed by atoms with van der Waals surface area (Å²) in [6.45, 7) is 4.44. The number of hydrogen-bond acceptors (Lipinski definition) is 4. The third-order valence-electron chi connectivity index (χ3n) is 3.57. The highest BCUT2D eigenvalue weighted by molar-refractivity contribution is 6.32. The molecule has 1 N–H and O–H groups in total. The number of rotatable bonds is 5. The second-order valence-electron chi connectivity index (χ2n) is 5.12. The van der Waals surface area contributed by atoms with Crippen LogP contribution >= 0.6 is 11.6 Å². The van der Waals surface area contributed by atoms with Gasteiger partial charge in [0.1, 0.15) is 11.3 Å². The lowest BCUT2D eigenvalue weighted by Crippen LogP contribution is -2.43. The zero-order chi connectivity index (χ0) is 14.4. The SMILES string of the molecule is CCCCNC(=O)C1CCCN(c2ncncc2Cl)C1. The highest BCUT2D eigenvalue weighted by Crippen LogP contribution is 2.26. The van der Waals surface area contributed by atoms with Gasteiger partial charge >= 0.3 is 0 Å². The van der Waals surface area contributed by atoms with Crippen LogP contribution in [0.3, 0.4) is 0 Å². The molecule has 1 fully saturated rings. The molecule has 0 saturated carbocycles. The minimum absolute atomic E-state index is 0.0200. The molecule has 1 aliphatic rings. The molecule has 0 aromatic carbocycles. The summed E-state index contributed by atoms with van der Waals surface area (Å²) in [7, 11) is 0. The van der Waals surface area contributed by atoms with Gasteiger partial charge in [-0.3, -0.25) is 4.79 Å². The first-order chi connectivity index (χ1) is 9.72. The van der Waals surface area contributed by atoms with Crippen LogP contribution in [0.25, 0.3) is 0 Å². The minimum Gasteiger partial charge on any atom is -0.356 e. The highest BCUT2D eigenvalue weighted by atomic mass is 35.5. The van der Waals surface area contributed by atoms with Crippen molar-refractivity contribution in [3.63, 3.8) is 0 Å². The van der Waals surface area contributed by atoms with E-state index < -0.39 is 0 Å². The number of piperidine rings is 1. The summed E-state index contributed by atoms with van der Waals surface area (Å²) < 4.78 is 0. The van der Waals surface area contributed by atoms with Gasteiger partial charge in [0.25, 0.3) is 0 Å². The molecule has 1 aliphatic heterocycles. The molecule has 1 atom stereocenters. The van der Waals surface area contributed by atoms with Crippen LogP contribution in [0, 0.1) is 5.92 Å². The average Bonchev–Trinajstić information content (AvgIpc) is 2.48. The molecule has 1 aromatic rings. The summed E-state index contributed by atoms with van der Waals surface area (Å²) in [5.74, 6) is 0.896. The Morgan fingerprint density at radius 2 is 2.45 bits per heavy atom. The van der Waals surface area contributed by atoms with E-state index in [1.807, 2.05) is 0 Å². The van der Waals surface area contributed by atoms with Crippen LogP contribution in [0.1, 0.15) is 32.6 Å². The Hall–Kier alpha value is -1.36. The quantitative estimate of drug-likeness (QED) is 0.847. The van der Waals surface area contributed by atoms with Crippen LogP contribution in [0.4, 0.5) is 5.82 Å². The first kappa shape index (κ1) is 15.0. The predicted molar refractivity (Wildman–Crippen MR) is 79.9 cm³/mol. The van der Waals surface area contributed by atoms with Gasteiger partial charge in [-0.2, -0.15) is 0 Å². The molecular formula is C14H21ClN4O. The van der Waals surface area contributed by atoms with Crippen molar-refractivity contribution in [1.29, 1.82) is 0 Å². The van der Waals surface area contributed by atoms with Crippen molar-refractivity contribution in [3.8, 4) is 0 Å². The standard InChI is InChI=1S/C14H21ClN4O/c1-2-3-6-17-14(20)11-5-4-7-19(9-11)13-12(15)8-16-10-18-13/h8,10-11H,2-7,9H2,1H3,(H,17,20). The number of anilines is 1. The molecule has 0 aliphatic carbocycles. The molecule has 1 unspecified atom stereocenters. The van der Waals surface area contributed by atoms with Gasteiger partial charge in [-0.1, -0.05) is 24.9 Å². The maximum Gasteiger partial charge on any atom is 0.224 e. The fourth-order valence-electron chi connectivity index (χ4n) is 2.46. The van der Waals surface area contributed by atoms with Crippen LogP contribution in [-0.4, -0.2) is 35.5 Å². The Morgan fingerprint density at radius 1 is 1.60 bits per heavy atom. The lowest BCUT2D eigenvalue weighted by molar-refractivity contribution is -0.125. The third-order valence-corrected chi connectivity index (χ3v) is 3.84. The lowest BCUT2D eigenvalue weighted by Gasteiger charge is -2.33. The van der Waals surface area contributed by atoms with Crippen molar-refractivity contribution in [2.45, 2.75) is 32.6 Å². The zero-order valence-electron chi connectivity index (χ0n) is 11.8. The molecule has 2 heterocycles. The summed E-state index contributed by atoms with van der Waals surface area (Å²) in [4.78, 5) is 22.3. The van der Waals surface area contributed by atoms with E-state index in [1.165, 1.54) is 6.33 Å². The third kappa shape index (κ3) is 3.82. The van der Waals surface area contributed by atoms with Crippen LogP contribution in [-0.2, 0) is 4.79 Å². The number of unbranched alkanes of at least 4 members (excludes halogenated alkanes) is 1. The van der Waals surface area contributed by atoms with Crippen LogP contribution in [0.2, 0.25) is 5.02 Å². The Bertz CT molecular complexity index is 455. The van der Waals surface area contributed by atoms with Crippen molar-refractivity contribution < 1.29 is 4.79 Å². The number of aromatic nitrogens is 2. The molecule has 1 saturated heterocycles. The van der Waals surface area contributed by atoms with Gasteiger partial charge in [0, 0.05) is 19.6 Å². The van der Waals surface area contributed by atoms with Gasteiger partial charge in [0.15, 0.2) is 5.82 Å². The highest BCUT2D eigenvalue weighted by Gasteiger charge is 2.27.